The minimum Gasteiger partial charge on any atom is -0.495 e. The highest BCUT2D eigenvalue weighted by molar-refractivity contribution is 8.00. The fraction of sp³-hybridized carbons (Fsp3) is 0.263. The van der Waals surface area contributed by atoms with Crippen LogP contribution in [0.1, 0.15) is 11.1 Å². The van der Waals surface area contributed by atoms with Crippen LogP contribution in [0.25, 0.3) is 0 Å². The number of halogens is 1. The first kappa shape index (κ1) is 20.1. The molecule has 0 saturated heterocycles. The molecule has 2 rings (SSSR count). The summed E-state index contributed by atoms with van der Waals surface area (Å²) in [6.45, 7) is 3.78. The number of rotatable bonds is 7. The highest BCUT2D eigenvalue weighted by Crippen LogP contribution is 2.31. The number of benzene rings is 2. The zero-order valence-corrected chi connectivity index (χ0v) is 16.5. The van der Waals surface area contributed by atoms with Crippen molar-refractivity contribution in [1.82, 2.24) is 0 Å². The van der Waals surface area contributed by atoms with E-state index < -0.39 is 0 Å². The monoisotopic (exact) mass is 392 g/mol. The van der Waals surface area contributed by atoms with Gasteiger partial charge in [0.05, 0.1) is 24.3 Å². The zero-order valence-electron chi connectivity index (χ0n) is 14.9. The molecule has 2 amide bonds. The summed E-state index contributed by atoms with van der Waals surface area (Å²) in [7, 11) is 1.52. The fourth-order valence-corrected chi connectivity index (χ4v) is 3.02. The van der Waals surface area contributed by atoms with Crippen LogP contribution in [0.15, 0.2) is 36.4 Å². The van der Waals surface area contributed by atoms with Gasteiger partial charge in [0.1, 0.15) is 5.75 Å². The molecule has 0 unspecified atom stereocenters. The van der Waals surface area contributed by atoms with Crippen LogP contribution in [0.3, 0.4) is 0 Å². The van der Waals surface area contributed by atoms with E-state index in [-0.39, 0.29) is 23.3 Å². The maximum Gasteiger partial charge on any atom is 0.234 e. The van der Waals surface area contributed by atoms with Crippen molar-refractivity contribution in [1.29, 1.82) is 0 Å². The average Bonchev–Trinajstić information content (AvgIpc) is 2.60. The number of carbonyl (C=O) groups is 2. The van der Waals surface area contributed by atoms with Crippen molar-refractivity contribution in [3.63, 3.8) is 0 Å². The van der Waals surface area contributed by atoms with Crippen LogP contribution < -0.4 is 15.4 Å². The molecule has 7 heteroatoms. The van der Waals surface area contributed by atoms with Crippen LogP contribution in [0.2, 0.25) is 5.02 Å². The highest BCUT2D eigenvalue weighted by Gasteiger charge is 2.11. The van der Waals surface area contributed by atoms with E-state index in [9.17, 15) is 9.59 Å². The van der Waals surface area contributed by atoms with E-state index in [1.165, 1.54) is 18.9 Å². The van der Waals surface area contributed by atoms with Crippen LogP contribution in [-0.2, 0) is 9.59 Å². The van der Waals surface area contributed by atoms with Gasteiger partial charge in [-0.2, -0.15) is 0 Å². The molecule has 5 nitrogen and oxygen atoms in total. The second-order valence-corrected chi connectivity index (χ2v) is 7.10. The quantitative estimate of drug-likeness (QED) is 0.738. The predicted octanol–water partition coefficient (Wildman–Crippen LogP) is 4.28. The first-order valence-electron chi connectivity index (χ1n) is 7.98. The Kier molecular flexibility index (Phi) is 7.36. The van der Waals surface area contributed by atoms with Gasteiger partial charge in [-0.05, 0) is 37.1 Å². The number of anilines is 2. The Bertz CT molecular complexity index is 811. The minimum absolute atomic E-state index is 0.142. The van der Waals surface area contributed by atoms with E-state index in [1.54, 1.807) is 12.1 Å². The van der Waals surface area contributed by atoms with Gasteiger partial charge in [-0.25, -0.2) is 0 Å². The summed E-state index contributed by atoms with van der Waals surface area (Å²) in [4.78, 5) is 24.1. The Balaban J connectivity index is 1.83. The third-order valence-corrected chi connectivity index (χ3v) is 4.98. The SMILES string of the molecule is COc1cc(Cl)c(C)cc1NC(=O)CSCC(=O)Nc1ccccc1C. The third-order valence-electron chi connectivity index (χ3n) is 3.64. The summed E-state index contributed by atoms with van der Waals surface area (Å²) in [5.41, 5.74) is 3.18. The maximum atomic E-state index is 12.1. The number of para-hydroxylation sites is 1. The topological polar surface area (TPSA) is 67.4 Å². The van der Waals surface area contributed by atoms with Crippen molar-refractivity contribution < 1.29 is 14.3 Å². The number of hydrogen-bond donors (Lipinski definition) is 2. The van der Waals surface area contributed by atoms with E-state index in [2.05, 4.69) is 10.6 Å². The van der Waals surface area contributed by atoms with Crippen LogP contribution in [0, 0.1) is 13.8 Å². The summed E-state index contributed by atoms with van der Waals surface area (Å²) in [6.07, 6.45) is 0. The van der Waals surface area contributed by atoms with Crippen molar-refractivity contribution in [3.05, 3.63) is 52.5 Å². The Morgan fingerprint density at radius 1 is 1.00 bits per heavy atom. The van der Waals surface area contributed by atoms with E-state index in [1.807, 2.05) is 38.1 Å². The maximum absolute atomic E-state index is 12.1. The van der Waals surface area contributed by atoms with Crippen LogP contribution >= 0.6 is 23.4 Å². The van der Waals surface area contributed by atoms with Crippen molar-refractivity contribution in [3.8, 4) is 5.75 Å². The van der Waals surface area contributed by atoms with E-state index in [0.717, 1.165) is 16.8 Å². The third kappa shape index (κ3) is 5.68. The molecule has 2 aromatic carbocycles. The Labute approximate surface area is 162 Å². The minimum atomic E-state index is -0.210. The summed E-state index contributed by atoms with van der Waals surface area (Å²) in [6, 6.07) is 11.0. The van der Waals surface area contributed by atoms with Gasteiger partial charge in [0.2, 0.25) is 11.8 Å². The molecule has 2 N–H and O–H groups in total. The van der Waals surface area contributed by atoms with Crippen LogP contribution in [0.5, 0.6) is 5.75 Å². The number of amides is 2. The number of aryl methyl sites for hydroxylation is 2. The second-order valence-electron chi connectivity index (χ2n) is 5.71. The van der Waals surface area contributed by atoms with Gasteiger partial charge >= 0.3 is 0 Å². The van der Waals surface area contributed by atoms with Gasteiger partial charge in [0, 0.05) is 16.8 Å². The molecule has 0 fully saturated rings. The molecule has 0 aliphatic carbocycles. The molecule has 0 bridgehead atoms. The summed E-state index contributed by atoms with van der Waals surface area (Å²) < 4.78 is 5.23. The number of thioether (sulfide) groups is 1. The Morgan fingerprint density at radius 3 is 2.23 bits per heavy atom. The standard InChI is InChI=1S/C19H21ClN2O3S/c1-12-6-4-5-7-15(12)21-18(23)10-26-11-19(24)22-16-8-13(2)14(20)9-17(16)25-3/h4-9H,10-11H2,1-3H3,(H,21,23)(H,22,24). The van der Waals surface area contributed by atoms with E-state index in [4.69, 9.17) is 16.3 Å². The molecule has 2 aromatic rings. The second kappa shape index (κ2) is 9.50. The number of ether oxygens (including phenoxy) is 1. The molecule has 0 aromatic heterocycles. The molecule has 0 heterocycles. The molecule has 0 spiro atoms. The lowest BCUT2D eigenvalue weighted by Crippen LogP contribution is -2.19. The molecule has 0 aliphatic rings. The molecule has 0 atom stereocenters. The van der Waals surface area contributed by atoms with Crippen LogP contribution in [-0.4, -0.2) is 30.4 Å². The molecule has 0 aliphatic heterocycles. The first-order chi connectivity index (χ1) is 12.4. The Morgan fingerprint density at radius 2 is 1.62 bits per heavy atom. The molecule has 0 saturated carbocycles. The molecule has 138 valence electrons. The Hall–Kier alpha value is -2.18. The average molecular weight is 393 g/mol. The summed E-state index contributed by atoms with van der Waals surface area (Å²) in [5, 5.41) is 6.20. The van der Waals surface area contributed by atoms with Gasteiger partial charge < -0.3 is 15.4 Å². The normalized spacial score (nSPS) is 10.3. The lowest BCUT2D eigenvalue weighted by Gasteiger charge is -2.12. The molecule has 0 radical (unpaired) electrons. The van der Waals surface area contributed by atoms with Gasteiger partial charge in [0.25, 0.3) is 0 Å². The molecule has 26 heavy (non-hydrogen) atoms. The number of hydrogen-bond acceptors (Lipinski definition) is 4. The van der Waals surface area contributed by atoms with E-state index >= 15 is 0 Å². The summed E-state index contributed by atoms with van der Waals surface area (Å²) in [5.74, 6) is 0.497. The van der Waals surface area contributed by atoms with Gasteiger partial charge in [0.15, 0.2) is 0 Å². The van der Waals surface area contributed by atoms with Crippen molar-refractivity contribution in [2.45, 2.75) is 13.8 Å². The molecular formula is C19H21ClN2O3S. The zero-order chi connectivity index (χ0) is 19.1. The number of carbonyl (C=O) groups excluding carboxylic acids is 2. The van der Waals surface area contributed by atoms with Crippen molar-refractivity contribution in [2.75, 3.05) is 29.2 Å². The highest BCUT2D eigenvalue weighted by atomic mass is 35.5. The van der Waals surface area contributed by atoms with Crippen LogP contribution in [0.4, 0.5) is 11.4 Å². The van der Waals surface area contributed by atoms with Crippen molar-refractivity contribution >= 4 is 46.6 Å². The smallest absolute Gasteiger partial charge is 0.234 e. The van der Waals surface area contributed by atoms with Gasteiger partial charge in [-0.3, -0.25) is 9.59 Å². The van der Waals surface area contributed by atoms with Gasteiger partial charge in [-0.1, -0.05) is 29.8 Å². The largest absolute Gasteiger partial charge is 0.495 e. The predicted molar refractivity (Wildman–Crippen MR) is 109 cm³/mol. The summed E-state index contributed by atoms with van der Waals surface area (Å²) >= 11 is 7.30. The lowest BCUT2D eigenvalue weighted by molar-refractivity contribution is -0.114. The van der Waals surface area contributed by atoms with Crippen molar-refractivity contribution in [2.24, 2.45) is 0 Å². The number of nitrogens with one attached hydrogen (secondary N) is 2. The first-order valence-corrected chi connectivity index (χ1v) is 9.51. The lowest BCUT2D eigenvalue weighted by atomic mass is 10.2. The van der Waals surface area contributed by atoms with Gasteiger partial charge in [-0.15, -0.1) is 11.8 Å². The fourth-order valence-electron chi connectivity index (χ4n) is 2.25. The molecular weight excluding hydrogens is 372 g/mol. The number of methoxy groups -OCH3 is 1. The van der Waals surface area contributed by atoms with E-state index in [0.29, 0.717) is 16.5 Å².